The van der Waals surface area contributed by atoms with Crippen LogP contribution >= 0.6 is 23.2 Å². The molecule has 1 aromatic heterocycles. The normalized spacial score (nSPS) is 14.6. The average molecular weight is 413 g/mol. The number of hydrogen-bond donors (Lipinski definition) is 0. The van der Waals surface area contributed by atoms with E-state index in [2.05, 4.69) is 4.98 Å². The second kappa shape index (κ2) is 8.31. The van der Waals surface area contributed by atoms with Gasteiger partial charge in [-0.2, -0.15) is 0 Å². The summed E-state index contributed by atoms with van der Waals surface area (Å²) in [5, 5.41) is 0.518. The van der Waals surface area contributed by atoms with Crippen LogP contribution in [-0.4, -0.2) is 30.9 Å². The molecule has 1 aliphatic carbocycles. The first-order valence-electron chi connectivity index (χ1n) is 8.51. The number of amides is 1. The van der Waals surface area contributed by atoms with Crippen molar-refractivity contribution in [3.63, 3.8) is 0 Å². The second-order valence-electron chi connectivity index (χ2n) is 6.39. The lowest BCUT2D eigenvalue weighted by Crippen LogP contribution is -2.27. The Morgan fingerprint density at radius 3 is 2.56 bits per heavy atom. The lowest BCUT2D eigenvalue weighted by molar-refractivity contribution is 0.0812. The predicted octanol–water partition coefficient (Wildman–Crippen LogP) is 5.15. The van der Waals surface area contributed by atoms with E-state index in [-0.39, 0.29) is 21.7 Å². The third kappa shape index (κ3) is 4.82. The lowest BCUT2D eigenvalue weighted by Gasteiger charge is -2.21. The van der Waals surface area contributed by atoms with E-state index in [0.717, 1.165) is 12.8 Å². The highest BCUT2D eigenvalue weighted by Gasteiger charge is 2.24. The number of carbonyl (C=O) groups is 1. The fourth-order valence-electron chi connectivity index (χ4n) is 2.54. The highest BCUT2D eigenvalue weighted by atomic mass is 35.5. The molecule has 0 radical (unpaired) electrons. The molecule has 1 fully saturated rings. The Bertz CT molecular complexity index is 823. The number of aromatic nitrogens is 1. The largest absolute Gasteiger partial charge is 0.489 e. The zero-order chi connectivity index (χ0) is 19.6. The molecule has 1 aliphatic rings. The summed E-state index contributed by atoms with van der Waals surface area (Å²) < 4.78 is 24.2. The van der Waals surface area contributed by atoms with E-state index in [1.54, 1.807) is 19.2 Å². The predicted molar refractivity (Wildman–Crippen MR) is 103 cm³/mol. The Balaban J connectivity index is 1.87. The lowest BCUT2D eigenvalue weighted by atomic mass is 10.1. The van der Waals surface area contributed by atoms with E-state index in [0.29, 0.717) is 29.5 Å². The van der Waals surface area contributed by atoms with Crippen LogP contribution in [0.2, 0.25) is 10.0 Å². The molecule has 8 heteroatoms. The van der Waals surface area contributed by atoms with Gasteiger partial charge in [0.2, 0.25) is 6.36 Å². The molecule has 3 rings (SSSR count). The van der Waals surface area contributed by atoms with Crippen LogP contribution in [0, 0.1) is 5.92 Å². The molecule has 1 aromatic carbocycles. The molecule has 0 N–H and O–H groups in total. The summed E-state index contributed by atoms with van der Waals surface area (Å²) in [5.41, 5.74) is 0.697. The SMILES string of the molecule is CC(F)Oc1ccc(C(=O)N(C)c2c(Cl)cncc2Cl)cc1OCC1CC1. The van der Waals surface area contributed by atoms with Crippen molar-refractivity contribution in [1.82, 2.24) is 4.98 Å². The van der Waals surface area contributed by atoms with Crippen LogP contribution in [0.5, 0.6) is 11.5 Å². The molecule has 27 heavy (non-hydrogen) atoms. The molecule has 0 saturated heterocycles. The van der Waals surface area contributed by atoms with Crippen LogP contribution in [0.3, 0.4) is 0 Å². The van der Waals surface area contributed by atoms with Gasteiger partial charge >= 0.3 is 0 Å². The van der Waals surface area contributed by atoms with Gasteiger partial charge in [0.15, 0.2) is 11.5 Å². The zero-order valence-corrected chi connectivity index (χ0v) is 16.4. The Kier molecular flexibility index (Phi) is 6.07. The summed E-state index contributed by atoms with van der Waals surface area (Å²) >= 11 is 12.3. The maximum absolute atomic E-state index is 13.3. The summed E-state index contributed by atoms with van der Waals surface area (Å²) in [7, 11) is 1.56. The van der Waals surface area contributed by atoms with E-state index >= 15 is 0 Å². The minimum Gasteiger partial charge on any atom is -0.489 e. The van der Waals surface area contributed by atoms with E-state index in [1.165, 1.54) is 30.3 Å². The van der Waals surface area contributed by atoms with Crippen molar-refractivity contribution < 1.29 is 18.7 Å². The molecular formula is C19H19Cl2FN2O3. The van der Waals surface area contributed by atoms with Crippen LogP contribution in [0.25, 0.3) is 0 Å². The third-order valence-corrected chi connectivity index (χ3v) is 4.67. The van der Waals surface area contributed by atoms with E-state index in [4.69, 9.17) is 32.7 Å². The Morgan fingerprint density at radius 1 is 1.30 bits per heavy atom. The van der Waals surface area contributed by atoms with Crippen molar-refractivity contribution in [1.29, 1.82) is 0 Å². The number of alkyl halides is 1. The van der Waals surface area contributed by atoms with Gasteiger partial charge in [0.05, 0.1) is 22.3 Å². The maximum atomic E-state index is 13.3. The topological polar surface area (TPSA) is 51.7 Å². The van der Waals surface area contributed by atoms with Gasteiger partial charge in [0.25, 0.3) is 5.91 Å². The highest BCUT2D eigenvalue weighted by molar-refractivity contribution is 6.39. The monoisotopic (exact) mass is 412 g/mol. The van der Waals surface area contributed by atoms with Crippen molar-refractivity contribution in [2.75, 3.05) is 18.6 Å². The molecule has 5 nitrogen and oxygen atoms in total. The van der Waals surface area contributed by atoms with E-state index in [1.807, 2.05) is 0 Å². The molecule has 0 spiro atoms. The van der Waals surface area contributed by atoms with Crippen LogP contribution in [0.15, 0.2) is 30.6 Å². The molecular weight excluding hydrogens is 394 g/mol. The Labute approximate surface area is 167 Å². The van der Waals surface area contributed by atoms with Crippen LogP contribution in [-0.2, 0) is 0 Å². The van der Waals surface area contributed by atoms with Gasteiger partial charge in [0, 0.05) is 31.9 Å². The minimum atomic E-state index is -1.49. The summed E-state index contributed by atoms with van der Waals surface area (Å²) in [4.78, 5) is 18.1. The number of ether oxygens (including phenoxy) is 2. The van der Waals surface area contributed by atoms with Gasteiger partial charge in [-0.25, -0.2) is 4.39 Å². The number of benzene rings is 1. The Hall–Kier alpha value is -2.05. The molecule has 144 valence electrons. The van der Waals surface area contributed by atoms with Gasteiger partial charge in [-0.15, -0.1) is 0 Å². The van der Waals surface area contributed by atoms with Crippen LogP contribution in [0.1, 0.15) is 30.1 Å². The number of hydrogen-bond acceptors (Lipinski definition) is 4. The molecule has 0 aliphatic heterocycles. The summed E-state index contributed by atoms with van der Waals surface area (Å²) in [5.74, 6) is 0.737. The highest BCUT2D eigenvalue weighted by Crippen LogP contribution is 2.36. The fraction of sp³-hybridized carbons (Fsp3) is 0.368. The molecule has 0 bridgehead atoms. The van der Waals surface area contributed by atoms with Crippen molar-refractivity contribution in [3.05, 3.63) is 46.2 Å². The number of rotatable bonds is 7. The van der Waals surface area contributed by atoms with Crippen molar-refractivity contribution in [2.24, 2.45) is 5.92 Å². The van der Waals surface area contributed by atoms with Crippen LogP contribution < -0.4 is 14.4 Å². The number of pyridine rings is 1. The van der Waals surface area contributed by atoms with Crippen molar-refractivity contribution in [2.45, 2.75) is 26.1 Å². The number of anilines is 1. The molecule has 1 saturated carbocycles. The first kappa shape index (κ1) is 19.7. The fourth-order valence-corrected chi connectivity index (χ4v) is 3.16. The van der Waals surface area contributed by atoms with E-state index < -0.39 is 6.36 Å². The van der Waals surface area contributed by atoms with Gasteiger partial charge < -0.3 is 14.4 Å². The maximum Gasteiger partial charge on any atom is 0.258 e. The van der Waals surface area contributed by atoms with Gasteiger partial charge in [-0.1, -0.05) is 23.2 Å². The molecule has 1 unspecified atom stereocenters. The third-order valence-electron chi connectivity index (χ3n) is 4.12. The molecule has 1 amide bonds. The van der Waals surface area contributed by atoms with Crippen molar-refractivity contribution >= 4 is 34.8 Å². The van der Waals surface area contributed by atoms with Gasteiger partial charge in [-0.3, -0.25) is 9.78 Å². The summed E-state index contributed by atoms with van der Waals surface area (Å²) in [6, 6.07) is 4.61. The Morgan fingerprint density at radius 2 is 1.96 bits per heavy atom. The van der Waals surface area contributed by atoms with Crippen molar-refractivity contribution in [3.8, 4) is 11.5 Å². The zero-order valence-electron chi connectivity index (χ0n) is 14.9. The van der Waals surface area contributed by atoms with E-state index in [9.17, 15) is 9.18 Å². The molecule has 2 aromatic rings. The number of carbonyl (C=O) groups excluding carboxylic acids is 1. The van der Waals surface area contributed by atoms with Gasteiger partial charge in [-0.05, 0) is 37.0 Å². The quantitative estimate of drug-likeness (QED) is 0.630. The standard InChI is InChI=1S/C19H19Cl2FN2O3/c1-11(22)27-16-6-5-13(7-17(16)26-10-12-3-4-12)19(25)24(2)18-14(20)8-23-9-15(18)21/h5-9,11-12H,3-4,10H2,1-2H3. The number of halogens is 3. The summed E-state index contributed by atoms with van der Waals surface area (Å²) in [6.07, 6.45) is 3.55. The number of nitrogens with zero attached hydrogens (tertiary/aromatic N) is 2. The molecule has 1 atom stereocenters. The second-order valence-corrected chi connectivity index (χ2v) is 7.21. The minimum absolute atomic E-state index is 0.254. The first-order valence-corrected chi connectivity index (χ1v) is 9.27. The van der Waals surface area contributed by atoms with Crippen LogP contribution in [0.4, 0.5) is 10.1 Å². The average Bonchev–Trinajstić information content (AvgIpc) is 3.44. The first-order chi connectivity index (χ1) is 12.9. The van der Waals surface area contributed by atoms with Gasteiger partial charge in [0.1, 0.15) is 0 Å². The smallest absolute Gasteiger partial charge is 0.258 e. The molecule has 1 heterocycles. The summed E-state index contributed by atoms with van der Waals surface area (Å²) in [6.45, 7) is 1.79.